The second kappa shape index (κ2) is 7.05. The summed E-state index contributed by atoms with van der Waals surface area (Å²) in [5.41, 5.74) is 0.211. The van der Waals surface area contributed by atoms with Crippen molar-refractivity contribution in [2.24, 2.45) is 11.8 Å². The zero-order valence-corrected chi connectivity index (χ0v) is 15.8. The molecular formula is C19H26N4O3. The summed E-state index contributed by atoms with van der Waals surface area (Å²) in [6.07, 6.45) is 2.26. The standard InChI is InChI=1S/C19H26N4O3/c1-10(2)9-23-16-15(18(25)22-19(23)26)13(7-14(21-16)11(3)4)17(24)20-8-12-5-6-12/h7,10-12H,5-6,8-9H2,1-4H3,(H,20,24)(H,22,25,26). The SMILES string of the molecule is CC(C)Cn1c(=O)[nH]c(=O)c2c(C(=O)NCC3CC3)cc(C(C)C)nc21. The van der Waals surface area contributed by atoms with Crippen molar-refractivity contribution < 1.29 is 4.79 Å². The molecule has 1 aliphatic carbocycles. The second-order valence-electron chi connectivity index (χ2n) is 7.87. The maximum absolute atomic E-state index is 12.8. The highest BCUT2D eigenvalue weighted by molar-refractivity contribution is 6.05. The third kappa shape index (κ3) is 3.71. The number of nitrogens with one attached hydrogen (secondary N) is 2. The van der Waals surface area contributed by atoms with Crippen LogP contribution in [-0.4, -0.2) is 27.0 Å². The molecule has 1 amide bonds. The van der Waals surface area contributed by atoms with Gasteiger partial charge < -0.3 is 5.32 Å². The molecule has 26 heavy (non-hydrogen) atoms. The van der Waals surface area contributed by atoms with Gasteiger partial charge in [-0.05, 0) is 36.7 Å². The van der Waals surface area contributed by atoms with Gasteiger partial charge in [-0.2, -0.15) is 0 Å². The Morgan fingerprint density at radius 2 is 2.00 bits per heavy atom. The van der Waals surface area contributed by atoms with E-state index < -0.39 is 11.2 Å². The monoisotopic (exact) mass is 358 g/mol. The van der Waals surface area contributed by atoms with Crippen LogP contribution in [0.1, 0.15) is 62.5 Å². The Bertz CT molecular complexity index is 952. The number of carbonyl (C=O) groups is 1. The Hall–Kier alpha value is -2.44. The summed E-state index contributed by atoms with van der Waals surface area (Å²) in [5.74, 6) is 0.509. The predicted molar refractivity (Wildman–Crippen MR) is 101 cm³/mol. The van der Waals surface area contributed by atoms with Crippen molar-refractivity contribution in [2.45, 2.75) is 53.0 Å². The van der Waals surface area contributed by atoms with E-state index in [1.165, 1.54) is 4.57 Å². The van der Waals surface area contributed by atoms with E-state index in [2.05, 4.69) is 15.3 Å². The highest BCUT2D eigenvalue weighted by Gasteiger charge is 2.24. The molecule has 7 nitrogen and oxygen atoms in total. The lowest BCUT2D eigenvalue weighted by Crippen LogP contribution is -2.34. The second-order valence-corrected chi connectivity index (χ2v) is 7.87. The van der Waals surface area contributed by atoms with Crippen LogP contribution in [0.3, 0.4) is 0 Å². The van der Waals surface area contributed by atoms with Gasteiger partial charge in [0.25, 0.3) is 11.5 Å². The van der Waals surface area contributed by atoms with Crippen LogP contribution in [0.5, 0.6) is 0 Å². The quantitative estimate of drug-likeness (QED) is 0.825. The van der Waals surface area contributed by atoms with Gasteiger partial charge in [0.1, 0.15) is 0 Å². The zero-order valence-electron chi connectivity index (χ0n) is 15.8. The molecular weight excluding hydrogens is 332 g/mol. The van der Waals surface area contributed by atoms with E-state index in [0.29, 0.717) is 24.7 Å². The van der Waals surface area contributed by atoms with Crippen LogP contribution in [0.25, 0.3) is 11.0 Å². The van der Waals surface area contributed by atoms with Crippen LogP contribution in [0.15, 0.2) is 15.7 Å². The summed E-state index contributed by atoms with van der Waals surface area (Å²) in [5, 5.41) is 3.10. The maximum atomic E-state index is 12.8. The molecule has 1 aliphatic rings. The molecule has 2 aromatic heterocycles. The van der Waals surface area contributed by atoms with Crippen molar-refractivity contribution in [3.05, 3.63) is 38.2 Å². The van der Waals surface area contributed by atoms with E-state index in [1.807, 2.05) is 27.7 Å². The van der Waals surface area contributed by atoms with Crippen LogP contribution >= 0.6 is 0 Å². The van der Waals surface area contributed by atoms with Crippen molar-refractivity contribution >= 4 is 16.9 Å². The van der Waals surface area contributed by atoms with Gasteiger partial charge in [-0.1, -0.05) is 27.7 Å². The molecule has 0 aliphatic heterocycles. The summed E-state index contributed by atoms with van der Waals surface area (Å²) >= 11 is 0. The molecule has 2 aromatic rings. The molecule has 1 fully saturated rings. The van der Waals surface area contributed by atoms with Crippen LogP contribution in [0.4, 0.5) is 0 Å². The summed E-state index contributed by atoms with van der Waals surface area (Å²) in [4.78, 5) is 44.5. The topological polar surface area (TPSA) is 96.9 Å². The van der Waals surface area contributed by atoms with Gasteiger partial charge in [0, 0.05) is 18.8 Å². The third-order valence-electron chi connectivity index (χ3n) is 4.60. The van der Waals surface area contributed by atoms with Gasteiger partial charge in [0.15, 0.2) is 5.65 Å². The first-order chi connectivity index (χ1) is 12.3. The van der Waals surface area contributed by atoms with E-state index in [9.17, 15) is 14.4 Å². The zero-order chi connectivity index (χ0) is 19.0. The number of amides is 1. The van der Waals surface area contributed by atoms with Gasteiger partial charge in [-0.3, -0.25) is 19.1 Å². The smallest absolute Gasteiger partial charge is 0.330 e. The Morgan fingerprint density at radius 3 is 2.58 bits per heavy atom. The van der Waals surface area contributed by atoms with E-state index in [4.69, 9.17) is 0 Å². The summed E-state index contributed by atoms with van der Waals surface area (Å²) in [7, 11) is 0. The number of hydrogen-bond acceptors (Lipinski definition) is 4. The molecule has 0 aromatic carbocycles. The largest absolute Gasteiger partial charge is 0.352 e. The summed E-state index contributed by atoms with van der Waals surface area (Å²) in [6.45, 7) is 8.95. The summed E-state index contributed by atoms with van der Waals surface area (Å²) in [6, 6.07) is 1.68. The van der Waals surface area contributed by atoms with Crippen molar-refractivity contribution in [3.63, 3.8) is 0 Å². The minimum absolute atomic E-state index is 0.0660. The van der Waals surface area contributed by atoms with E-state index >= 15 is 0 Å². The van der Waals surface area contributed by atoms with Gasteiger partial charge in [-0.15, -0.1) is 0 Å². The fraction of sp³-hybridized carbons (Fsp3) is 0.579. The molecule has 3 rings (SSSR count). The number of hydrogen-bond donors (Lipinski definition) is 2. The first kappa shape index (κ1) is 18.4. The van der Waals surface area contributed by atoms with Gasteiger partial charge in [0.2, 0.25) is 0 Å². The molecule has 1 saturated carbocycles. The average Bonchev–Trinajstić information content (AvgIpc) is 3.39. The fourth-order valence-electron chi connectivity index (χ4n) is 2.96. The van der Waals surface area contributed by atoms with Crippen molar-refractivity contribution in [1.29, 1.82) is 0 Å². The molecule has 0 bridgehead atoms. The number of H-pyrrole nitrogens is 1. The van der Waals surface area contributed by atoms with Gasteiger partial charge in [0.05, 0.1) is 10.9 Å². The number of aromatic nitrogens is 3. The lowest BCUT2D eigenvalue weighted by molar-refractivity contribution is 0.0953. The van der Waals surface area contributed by atoms with E-state index in [-0.39, 0.29) is 34.3 Å². The molecule has 0 saturated heterocycles. The molecule has 140 valence electrons. The van der Waals surface area contributed by atoms with Crippen molar-refractivity contribution in [3.8, 4) is 0 Å². The average molecular weight is 358 g/mol. The van der Waals surface area contributed by atoms with Gasteiger partial charge >= 0.3 is 5.69 Å². The Balaban J connectivity index is 2.22. The molecule has 0 radical (unpaired) electrons. The molecule has 2 N–H and O–H groups in total. The number of nitrogens with zero attached hydrogens (tertiary/aromatic N) is 2. The molecule has 2 heterocycles. The lowest BCUT2D eigenvalue weighted by Gasteiger charge is -2.16. The lowest BCUT2D eigenvalue weighted by atomic mass is 10.0. The maximum Gasteiger partial charge on any atom is 0.330 e. The highest BCUT2D eigenvalue weighted by Crippen LogP contribution is 2.28. The predicted octanol–water partition coefficient (Wildman–Crippen LogP) is 2.00. The Morgan fingerprint density at radius 1 is 1.31 bits per heavy atom. The fourth-order valence-corrected chi connectivity index (χ4v) is 2.96. The molecule has 0 atom stereocenters. The van der Waals surface area contributed by atoms with Crippen LogP contribution in [-0.2, 0) is 6.54 Å². The minimum atomic E-state index is -0.565. The molecule has 0 unspecified atom stereocenters. The molecule has 0 spiro atoms. The first-order valence-corrected chi connectivity index (χ1v) is 9.24. The molecule has 7 heteroatoms. The van der Waals surface area contributed by atoms with E-state index in [0.717, 1.165) is 12.8 Å². The third-order valence-corrected chi connectivity index (χ3v) is 4.60. The van der Waals surface area contributed by atoms with Crippen molar-refractivity contribution in [2.75, 3.05) is 6.54 Å². The number of aromatic amines is 1. The van der Waals surface area contributed by atoms with Crippen molar-refractivity contribution in [1.82, 2.24) is 19.9 Å². The number of fused-ring (bicyclic) bond motifs is 1. The highest BCUT2D eigenvalue weighted by atomic mass is 16.2. The normalized spacial score (nSPS) is 14.4. The first-order valence-electron chi connectivity index (χ1n) is 9.24. The minimum Gasteiger partial charge on any atom is -0.352 e. The number of pyridine rings is 1. The number of carbonyl (C=O) groups excluding carboxylic acids is 1. The van der Waals surface area contributed by atoms with Crippen LogP contribution in [0, 0.1) is 11.8 Å². The van der Waals surface area contributed by atoms with Crippen LogP contribution in [0.2, 0.25) is 0 Å². The Labute approximate surface area is 151 Å². The number of rotatable bonds is 6. The summed E-state index contributed by atoms with van der Waals surface area (Å²) < 4.78 is 1.46. The van der Waals surface area contributed by atoms with Gasteiger partial charge in [-0.25, -0.2) is 9.78 Å². The van der Waals surface area contributed by atoms with E-state index in [1.54, 1.807) is 6.07 Å². The van der Waals surface area contributed by atoms with Crippen LogP contribution < -0.4 is 16.6 Å². The Kier molecular flexibility index (Phi) is 4.98.